The molecular weight excluding hydrogens is 604 g/mol. The first-order chi connectivity index (χ1) is 23.2. The first-order valence-electron chi connectivity index (χ1n) is 16.9. The highest BCUT2D eigenvalue weighted by atomic mass is 16.5. The fourth-order valence-electron chi connectivity index (χ4n) is 6.79. The lowest BCUT2D eigenvalue weighted by Crippen LogP contribution is -2.38. The Labute approximate surface area is 280 Å². The molecule has 5 aromatic rings. The number of aliphatic hydroxyl groups is 1. The molecule has 1 saturated heterocycles. The Hall–Kier alpha value is -4.90. The lowest BCUT2D eigenvalue weighted by Gasteiger charge is -2.33. The van der Waals surface area contributed by atoms with Crippen LogP contribution in [-0.4, -0.2) is 48.1 Å². The fraction of sp³-hybridized carbons (Fsp3) is 0.405. The Bertz CT molecular complexity index is 1910. The van der Waals surface area contributed by atoms with Gasteiger partial charge in [-0.25, -0.2) is 9.48 Å². The van der Waals surface area contributed by atoms with Gasteiger partial charge < -0.3 is 20.1 Å². The molecule has 7 rings (SSSR count). The molecule has 48 heavy (non-hydrogen) atoms. The Balaban J connectivity index is 1.09. The summed E-state index contributed by atoms with van der Waals surface area (Å²) < 4.78 is 10.4. The molecule has 0 unspecified atom stereocenters. The van der Waals surface area contributed by atoms with Gasteiger partial charge in [-0.2, -0.15) is 5.10 Å². The minimum Gasteiger partial charge on any atom is -0.484 e. The van der Waals surface area contributed by atoms with Crippen LogP contribution in [0.15, 0.2) is 72.9 Å². The van der Waals surface area contributed by atoms with Crippen molar-refractivity contribution in [2.45, 2.75) is 90.0 Å². The second kappa shape index (κ2) is 13.0. The Morgan fingerprint density at radius 1 is 0.979 bits per heavy atom. The van der Waals surface area contributed by atoms with E-state index in [0.29, 0.717) is 11.9 Å². The van der Waals surface area contributed by atoms with Crippen LogP contribution in [-0.2, 0) is 12.0 Å². The summed E-state index contributed by atoms with van der Waals surface area (Å²) in [5.41, 5.74) is 5.15. The average Bonchev–Trinajstić information content (AvgIpc) is 3.71. The quantitative estimate of drug-likeness (QED) is 0.176. The van der Waals surface area contributed by atoms with Crippen molar-refractivity contribution < 1.29 is 14.6 Å². The Kier molecular flexibility index (Phi) is 8.55. The second-order valence-corrected chi connectivity index (χ2v) is 14.0. The van der Waals surface area contributed by atoms with Crippen LogP contribution < -0.4 is 20.3 Å². The minimum absolute atomic E-state index is 0.0365. The maximum atomic E-state index is 13.5. The number of nitrogens with one attached hydrogen (secondary N) is 2. The molecule has 1 fully saturated rings. The lowest BCUT2D eigenvalue weighted by molar-refractivity contribution is 0.171. The Morgan fingerprint density at radius 3 is 2.52 bits per heavy atom. The number of aliphatic hydroxyl groups excluding tert-OH is 1. The van der Waals surface area contributed by atoms with Crippen LogP contribution in [0.25, 0.3) is 11.3 Å². The highest BCUT2D eigenvalue weighted by molar-refractivity contribution is 5.89. The zero-order chi connectivity index (χ0) is 33.4. The van der Waals surface area contributed by atoms with E-state index in [4.69, 9.17) is 9.84 Å². The smallest absolute Gasteiger partial charge is 0.320 e. The van der Waals surface area contributed by atoms with Gasteiger partial charge in [0.05, 0.1) is 30.2 Å². The van der Waals surface area contributed by atoms with Crippen molar-refractivity contribution in [3.63, 3.8) is 0 Å². The number of carbonyl (C=O) groups is 1. The summed E-state index contributed by atoms with van der Waals surface area (Å²) >= 11 is 0. The van der Waals surface area contributed by atoms with E-state index < -0.39 is 0 Å². The standard InChI is InChI=1S/C37H44N8O3/c1-24-9-7-8-20-43(24)36-41-40-33-19-16-27(22-44(33)36)48-31-18-17-30(28-10-5-6-11-29(28)31)38-35(47)39-34-21-32(37(2,3)4)42-45(34)26-14-12-25(23-46)13-15-26/h5-6,10-16,19,21-22,24,30-31,46H,7-9,17-18,20,23H2,1-4H3,(H2,38,39,47)/t24-,30-,31+/m0/s1. The zero-order valence-corrected chi connectivity index (χ0v) is 28.1. The van der Waals surface area contributed by atoms with E-state index in [1.54, 1.807) is 4.68 Å². The third kappa shape index (κ3) is 6.34. The van der Waals surface area contributed by atoms with Crippen LogP contribution in [0, 0.1) is 0 Å². The largest absolute Gasteiger partial charge is 0.484 e. The molecule has 250 valence electrons. The number of carbonyl (C=O) groups excluding carboxylic acids is 1. The van der Waals surface area contributed by atoms with Crippen molar-refractivity contribution in [3.8, 4) is 11.4 Å². The van der Waals surface area contributed by atoms with E-state index >= 15 is 0 Å². The van der Waals surface area contributed by atoms with Crippen LogP contribution in [0.5, 0.6) is 5.75 Å². The van der Waals surface area contributed by atoms with Crippen molar-refractivity contribution >= 4 is 23.4 Å². The monoisotopic (exact) mass is 648 g/mol. The van der Waals surface area contributed by atoms with Crippen LogP contribution >= 0.6 is 0 Å². The van der Waals surface area contributed by atoms with E-state index in [9.17, 15) is 9.90 Å². The number of hydrogen-bond donors (Lipinski definition) is 3. The normalized spacial score (nSPS) is 19.6. The summed E-state index contributed by atoms with van der Waals surface area (Å²) in [5, 5.41) is 29.5. The van der Waals surface area contributed by atoms with Crippen LogP contribution in [0.1, 0.15) is 94.3 Å². The molecule has 2 aromatic carbocycles. The summed E-state index contributed by atoms with van der Waals surface area (Å²) in [7, 11) is 0. The van der Waals surface area contributed by atoms with Gasteiger partial charge in [-0.15, -0.1) is 10.2 Å². The third-order valence-electron chi connectivity index (χ3n) is 9.52. The molecule has 3 N–H and O–H groups in total. The van der Waals surface area contributed by atoms with Crippen LogP contribution in [0.2, 0.25) is 0 Å². The van der Waals surface area contributed by atoms with Crippen molar-refractivity contribution in [3.05, 3.63) is 95.3 Å². The predicted octanol–water partition coefficient (Wildman–Crippen LogP) is 6.86. The summed E-state index contributed by atoms with van der Waals surface area (Å²) in [6.07, 6.45) is 6.84. The molecule has 0 radical (unpaired) electrons. The number of aromatic nitrogens is 5. The highest BCUT2D eigenvalue weighted by Gasteiger charge is 2.30. The number of hydrogen-bond acceptors (Lipinski definition) is 7. The summed E-state index contributed by atoms with van der Waals surface area (Å²) in [6, 6.07) is 21.4. The van der Waals surface area contributed by atoms with Crippen LogP contribution in [0.4, 0.5) is 16.6 Å². The maximum Gasteiger partial charge on any atom is 0.320 e. The number of rotatable bonds is 7. The first kappa shape index (κ1) is 31.7. The highest BCUT2D eigenvalue weighted by Crippen LogP contribution is 2.39. The maximum absolute atomic E-state index is 13.5. The molecule has 0 spiro atoms. The molecule has 2 aliphatic rings. The van der Waals surface area contributed by atoms with E-state index in [2.05, 4.69) is 65.6 Å². The van der Waals surface area contributed by atoms with Crippen molar-refractivity contribution in [1.82, 2.24) is 29.7 Å². The van der Waals surface area contributed by atoms with E-state index in [-0.39, 0.29) is 30.2 Å². The van der Waals surface area contributed by atoms with Gasteiger partial charge in [0.15, 0.2) is 5.65 Å². The number of piperidine rings is 1. The van der Waals surface area contributed by atoms with E-state index in [0.717, 1.165) is 77.6 Å². The predicted molar refractivity (Wildman–Crippen MR) is 186 cm³/mol. The van der Waals surface area contributed by atoms with Gasteiger partial charge in [0.2, 0.25) is 5.95 Å². The molecule has 3 aromatic heterocycles. The number of amides is 2. The van der Waals surface area contributed by atoms with Crippen molar-refractivity contribution in [2.24, 2.45) is 0 Å². The van der Waals surface area contributed by atoms with E-state index in [1.807, 2.05) is 65.2 Å². The number of pyridine rings is 1. The van der Waals surface area contributed by atoms with Gasteiger partial charge >= 0.3 is 6.03 Å². The number of nitrogens with zero attached hydrogens (tertiary/aromatic N) is 6. The zero-order valence-electron chi connectivity index (χ0n) is 28.1. The first-order valence-corrected chi connectivity index (χ1v) is 16.9. The van der Waals surface area contributed by atoms with E-state index in [1.165, 1.54) is 6.42 Å². The number of urea groups is 1. The van der Waals surface area contributed by atoms with Gasteiger partial charge in [0.25, 0.3) is 0 Å². The van der Waals surface area contributed by atoms with Gasteiger partial charge in [0.1, 0.15) is 17.7 Å². The fourth-order valence-corrected chi connectivity index (χ4v) is 6.79. The molecule has 2 amide bonds. The van der Waals surface area contributed by atoms with Gasteiger partial charge in [-0.05, 0) is 80.0 Å². The molecule has 1 aliphatic heterocycles. The Morgan fingerprint density at radius 2 is 1.77 bits per heavy atom. The molecule has 11 nitrogen and oxygen atoms in total. The summed E-state index contributed by atoms with van der Waals surface area (Å²) in [4.78, 5) is 15.9. The molecule has 4 heterocycles. The second-order valence-electron chi connectivity index (χ2n) is 14.0. The minimum atomic E-state index is -0.305. The SMILES string of the molecule is C[C@H]1CCCCN1c1nnc2ccc(O[C@@H]3CC[C@H](NC(=O)Nc4cc(C(C)(C)C)nn4-c4ccc(CO)cc4)c4ccccc43)cn12. The van der Waals surface area contributed by atoms with Gasteiger partial charge in [-0.1, -0.05) is 57.2 Å². The van der Waals surface area contributed by atoms with Crippen molar-refractivity contribution in [2.75, 3.05) is 16.8 Å². The lowest BCUT2D eigenvalue weighted by atomic mass is 9.85. The molecule has 3 atom stereocenters. The molecule has 0 bridgehead atoms. The average molecular weight is 649 g/mol. The van der Waals surface area contributed by atoms with Crippen molar-refractivity contribution in [1.29, 1.82) is 0 Å². The molecular formula is C37H44N8O3. The molecule has 1 aliphatic carbocycles. The summed E-state index contributed by atoms with van der Waals surface area (Å²) in [5.74, 6) is 2.19. The van der Waals surface area contributed by atoms with Crippen LogP contribution in [0.3, 0.4) is 0 Å². The van der Waals surface area contributed by atoms with Gasteiger partial charge in [0, 0.05) is 24.1 Å². The number of benzene rings is 2. The topological polar surface area (TPSA) is 122 Å². The molecule has 0 saturated carbocycles. The number of fused-ring (bicyclic) bond motifs is 2. The number of anilines is 2. The van der Waals surface area contributed by atoms with Gasteiger partial charge in [-0.3, -0.25) is 9.72 Å². The summed E-state index contributed by atoms with van der Waals surface area (Å²) in [6.45, 7) is 9.46. The number of ether oxygens (including phenoxy) is 1. The third-order valence-corrected chi connectivity index (χ3v) is 9.52. The molecule has 11 heteroatoms.